The average Bonchev–Trinajstić information content (AvgIpc) is 3.73. The molecule has 43 heavy (non-hydrogen) atoms. The van der Waals surface area contributed by atoms with E-state index >= 15 is 0 Å². The molecule has 5 aromatic rings. The van der Waals surface area contributed by atoms with Gasteiger partial charge in [0.25, 0.3) is 0 Å². The number of hydrogen-bond donors (Lipinski definition) is 0. The Hall–Kier alpha value is -4.53. The number of rotatable bonds is 9. The predicted octanol–water partition coefficient (Wildman–Crippen LogP) is 6.22. The molecule has 2 unspecified atom stereocenters. The molecule has 0 radical (unpaired) electrons. The standard InChI is InChI=1S/C38H33N2O2P/c1-4-14-28(15-5-1)24-30-26-41-37(39-30)33-20-10-12-22-35(33)43(32-18-8-3-9-19-32)36-23-13-11-21-34(36)38-40-31(27-42-38)25-29-16-6-2-7-17-29/h1-23,30-31H,24-27H2. The molecule has 2 atom stereocenters. The monoisotopic (exact) mass is 580 g/mol. The van der Waals surface area contributed by atoms with E-state index in [1.807, 2.05) is 0 Å². The minimum absolute atomic E-state index is 0.100. The molecular weight excluding hydrogens is 547 g/mol. The first-order chi connectivity index (χ1) is 21.3. The first kappa shape index (κ1) is 27.3. The van der Waals surface area contributed by atoms with Crippen molar-refractivity contribution in [1.29, 1.82) is 0 Å². The maximum atomic E-state index is 6.30. The summed E-state index contributed by atoms with van der Waals surface area (Å²) in [5, 5.41) is 3.70. The van der Waals surface area contributed by atoms with Crippen LogP contribution in [0.25, 0.3) is 0 Å². The molecule has 2 heterocycles. The van der Waals surface area contributed by atoms with Gasteiger partial charge in [0.2, 0.25) is 11.8 Å². The Morgan fingerprint density at radius 1 is 0.488 bits per heavy atom. The Morgan fingerprint density at radius 2 is 0.884 bits per heavy atom. The summed E-state index contributed by atoms with van der Waals surface area (Å²) in [6, 6.07) is 49.2. The normalized spacial score (nSPS) is 18.3. The molecule has 2 aliphatic heterocycles. The predicted molar refractivity (Wildman–Crippen MR) is 178 cm³/mol. The van der Waals surface area contributed by atoms with Gasteiger partial charge in [0.1, 0.15) is 13.2 Å². The Bertz CT molecular complexity index is 1630. The first-order valence-corrected chi connectivity index (χ1v) is 16.2. The molecule has 0 N–H and O–H groups in total. The van der Waals surface area contributed by atoms with Crippen LogP contribution in [0.3, 0.4) is 0 Å². The van der Waals surface area contributed by atoms with Gasteiger partial charge in [-0.25, -0.2) is 9.98 Å². The highest BCUT2D eigenvalue weighted by molar-refractivity contribution is 7.80. The van der Waals surface area contributed by atoms with E-state index in [2.05, 4.69) is 140 Å². The summed E-state index contributed by atoms with van der Waals surface area (Å²) in [6.07, 6.45) is 1.73. The molecule has 0 saturated heterocycles. The molecule has 2 aliphatic rings. The number of nitrogens with zero attached hydrogens (tertiary/aromatic N) is 2. The molecule has 0 aromatic heterocycles. The van der Waals surface area contributed by atoms with Gasteiger partial charge in [0.15, 0.2) is 0 Å². The van der Waals surface area contributed by atoms with Crippen molar-refractivity contribution in [3.05, 3.63) is 162 Å². The van der Waals surface area contributed by atoms with Gasteiger partial charge in [0.05, 0.1) is 12.1 Å². The average molecular weight is 581 g/mol. The highest BCUT2D eigenvalue weighted by Crippen LogP contribution is 2.37. The lowest BCUT2D eigenvalue weighted by molar-refractivity contribution is 0.317. The summed E-state index contributed by atoms with van der Waals surface area (Å²) >= 11 is 0. The van der Waals surface area contributed by atoms with E-state index in [4.69, 9.17) is 19.5 Å². The Balaban J connectivity index is 1.26. The number of aliphatic imine (C=N–C) groups is 2. The van der Waals surface area contributed by atoms with Crippen molar-refractivity contribution < 1.29 is 9.47 Å². The summed E-state index contributed by atoms with van der Waals surface area (Å²) < 4.78 is 12.6. The lowest BCUT2D eigenvalue weighted by Crippen LogP contribution is -2.28. The quantitative estimate of drug-likeness (QED) is 0.194. The van der Waals surface area contributed by atoms with E-state index in [0.29, 0.717) is 13.2 Å². The van der Waals surface area contributed by atoms with Gasteiger partial charge in [-0.2, -0.15) is 0 Å². The third-order valence-corrected chi connectivity index (χ3v) is 10.4. The molecule has 0 spiro atoms. The van der Waals surface area contributed by atoms with Crippen molar-refractivity contribution in [3.63, 3.8) is 0 Å². The van der Waals surface area contributed by atoms with Crippen LogP contribution in [0.1, 0.15) is 22.3 Å². The second kappa shape index (κ2) is 12.8. The van der Waals surface area contributed by atoms with Gasteiger partial charge in [0, 0.05) is 11.1 Å². The lowest BCUT2D eigenvalue weighted by atomic mass is 10.1. The zero-order valence-corrected chi connectivity index (χ0v) is 24.8. The van der Waals surface area contributed by atoms with Gasteiger partial charge in [-0.3, -0.25) is 0 Å². The van der Waals surface area contributed by atoms with Crippen molar-refractivity contribution in [3.8, 4) is 0 Å². The fraction of sp³-hybridized carbons (Fsp3) is 0.158. The minimum atomic E-state index is -0.966. The van der Waals surface area contributed by atoms with Crippen LogP contribution in [0.15, 0.2) is 150 Å². The SMILES string of the molecule is c1ccc(CC2COC(c3ccccc3P(c3ccccc3)c3ccccc3C3=NC(Cc4ccccc4)CO3)=N2)cc1. The Morgan fingerprint density at radius 3 is 1.35 bits per heavy atom. The molecule has 4 nitrogen and oxygen atoms in total. The van der Waals surface area contributed by atoms with Crippen LogP contribution >= 0.6 is 7.92 Å². The highest BCUT2D eigenvalue weighted by atomic mass is 31.1. The van der Waals surface area contributed by atoms with Crippen molar-refractivity contribution >= 4 is 35.6 Å². The van der Waals surface area contributed by atoms with Gasteiger partial charge < -0.3 is 9.47 Å². The Labute approximate surface area is 254 Å². The highest BCUT2D eigenvalue weighted by Gasteiger charge is 2.30. The molecule has 7 rings (SSSR count). The molecule has 0 amide bonds. The lowest BCUT2D eigenvalue weighted by Gasteiger charge is -2.24. The molecule has 0 aliphatic carbocycles. The van der Waals surface area contributed by atoms with Gasteiger partial charge in [-0.15, -0.1) is 0 Å². The van der Waals surface area contributed by atoms with E-state index < -0.39 is 7.92 Å². The molecule has 0 bridgehead atoms. The fourth-order valence-corrected chi connectivity index (χ4v) is 8.37. The Kier molecular flexibility index (Phi) is 8.11. The smallest absolute Gasteiger partial charge is 0.217 e. The minimum Gasteiger partial charge on any atom is -0.475 e. The molecule has 0 fully saturated rings. The second-order valence-corrected chi connectivity index (χ2v) is 13.0. The number of ether oxygens (including phenoxy) is 2. The third kappa shape index (κ3) is 6.16. The van der Waals surface area contributed by atoms with Crippen molar-refractivity contribution in [2.45, 2.75) is 24.9 Å². The zero-order chi connectivity index (χ0) is 28.8. The topological polar surface area (TPSA) is 43.2 Å². The van der Waals surface area contributed by atoms with Crippen LogP contribution in [0.5, 0.6) is 0 Å². The maximum absolute atomic E-state index is 6.30. The summed E-state index contributed by atoms with van der Waals surface area (Å²) in [5.41, 5.74) is 4.66. The molecule has 0 saturated carbocycles. The fourth-order valence-electron chi connectivity index (χ4n) is 5.79. The van der Waals surface area contributed by atoms with E-state index in [-0.39, 0.29) is 12.1 Å². The van der Waals surface area contributed by atoms with E-state index in [1.165, 1.54) is 27.0 Å². The number of benzene rings is 5. The van der Waals surface area contributed by atoms with Crippen LogP contribution in [-0.2, 0) is 22.3 Å². The molecular formula is C38H33N2O2P. The van der Waals surface area contributed by atoms with E-state index in [1.54, 1.807) is 0 Å². The second-order valence-electron chi connectivity index (χ2n) is 10.9. The van der Waals surface area contributed by atoms with Crippen molar-refractivity contribution in [1.82, 2.24) is 0 Å². The van der Waals surface area contributed by atoms with Gasteiger partial charge in [-0.1, -0.05) is 127 Å². The van der Waals surface area contributed by atoms with Crippen LogP contribution in [0, 0.1) is 0 Å². The first-order valence-electron chi connectivity index (χ1n) is 14.8. The van der Waals surface area contributed by atoms with Crippen molar-refractivity contribution in [2.24, 2.45) is 9.98 Å². The van der Waals surface area contributed by atoms with E-state index in [0.717, 1.165) is 35.8 Å². The van der Waals surface area contributed by atoms with Gasteiger partial charge in [-0.05, 0) is 59.9 Å². The van der Waals surface area contributed by atoms with E-state index in [9.17, 15) is 0 Å². The summed E-state index contributed by atoms with van der Waals surface area (Å²) in [5.74, 6) is 1.46. The summed E-state index contributed by atoms with van der Waals surface area (Å²) in [7, 11) is -0.966. The van der Waals surface area contributed by atoms with Crippen LogP contribution in [0.4, 0.5) is 0 Å². The summed E-state index contributed by atoms with van der Waals surface area (Å²) in [4.78, 5) is 10.2. The van der Waals surface area contributed by atoms with Crippen LogP contribution in [-0.4, -0.2) is 37.1 Å². The molecule has 5 heteroatoms. The number of hydrogen-bond acceptors (Lipinski definition) is 4. The third-order valence-electron chi connectivity index (χ3n) is 7.82. The molecule has 5 aromatic carbocycles. The summed E-state index contributed by atoms with van der Waals surface area (Å²) in [6.45, 7) is 1.18. The largest absolute Gasteiger partial charge is 0.475 e. The zero-order valence-electron chi connectivity index (χ0n) is 23.9. The maximum Gasteiger partial charge on any atom is 0.217 e. The van der Waals surface area contributed by atoms with Crippen LogP contribution < -0.4 is 15.9 Å². The van der Waals surface area contributed by atoms with Crippen molar-refractivity contribution in [2.75, 3.05) is 13.2 Å². The van der Waals surface area contributed by atoms with Gasteiger partial charge >= 0.3 is 0 Å². The molecule has 212 valence electrons. The van der Waals surface area contributed by atoms with Crippen LogP contribution in [0.2, 0.25) is 0 Å².